The molecule has 1 unspecified atom stereocenters. The van der Waals surface area contributed by atoms with Crippen molar-refractivity contribution in [3.63, 3.8) is 0 Å². The van der Waals surface area contributed by atoms with Crippen molar-refractivity contribution in [1.29, 1.82) is 0 Å². The molecular weight excluding hydrogens is 284 g/mol. The van der Waals surface area contributed by atoms with Crippen molar-refractivity contribution >= 4 is 11.7 Å². The summed E-state index contributed by atoms with van der Waals surface area (Å²) < 4.78 is 1.39. The lowest BCUT2D eigenvalue weighted by Gasteiger charge is -2.15. The third-order valence-corrected chi connectivity index (χ3v) is 3.54. The summed E-state index contributed by atoms with van der Waals surface area (Å²) >= 11 is 0. The summed E-state index contributed by atoms with van der Waals surface area (Å²) in [5.74, 6) is -0.493. The van der Waals surface area contributed by atoms with Gasteiger partial charge >= 0.3 is 5.82 Å². The van der Waals surface area contributed by atoms with Crippen LogP contribution >= 0.6 is 0 Å². The van der Waals surface area contributed by atoms with E-state index in [4.69, 9.17) is 0 Å². The van der Waals surface area contributed by atoms with Gasteiger partial charge in [0.1, 0.15) is 12.7 Å². The van der Waals surface area contributed by atoms with Crippen molar-refractivity contribution in [2.24, 2.45) is 0 Å². The monoisotopic (exact) mass is 302 g/mol. The molecule has 1 N–H and O–H groups in total. The van der Waals surface area contributed by atoms with Gasteiger partial charge in [0.05, 0.1) is 6.04 Å². The van der Waals surface area contributed by atoms with Crippen molar-refractivity contribution in [2.75, 3.05) is 0 Å². The van der Waals surface area contributed by atoms with Gasteiger partial charge in [-0.3, -0.25) is 4.79 Å². The molecule has 1 aromatic carbocycles. The predicted molar refractivity (Wildman–Crippen MR) is 81.4 cm³/mol. The van der Waals surface area contributed by atoms with Crippen LogP contribution in [0.1, 0.15) is 29.7 Å². The third kappa shape index (κ3) is 3.69. The summed E-state index contributed by atoms with van der Waals surface area (Å²) in [7, 11) is 0. The molecule has 1 aromatic heterocycles. The fourth-order valence-corrected chi connectivity index (χ4v) is 2.10. The molecule has 0 spiro atoms. The Morgan fingerprint density at radius 2 is 2.14 bits per heavy atom. The molecule has 0 bridgehead atoms. The third-order valence-electron chi connectivity index (χ3n) is 3.54. The van der Waals surface area contributed by atoms with Crippen molar-refractivity contribution in [2.45, 2.75) is 33.4 Å². The topological polar surface area (TPSA) is 90.1 Å². The van der Waals surface area contributed by atoms with Crippen LogP contribution < -0.4 is 5.32 Å². The molecule has 1 amide bonds. The number of rotatable bonds is 5. The molecule has 0 radical (unpaired) electrons. The summed E-state index contributed by atoms with van der Waals surface area (Å²) in [5.41, 5.74) is 3.39. The van der Waals surface area contributed by atoms with E-state index in [0.717, 1.165) is 5.56 Å². The van der Waals surface area contributed by atoms with E-state index in [2.05, 4.69) is 10.3 Å². The second-order valence-electron chi connectivity index (χ2n) is 5.29. The molecule has 7 heteroatoms. The number of hydrogen-bond acceptors (Lipinski definition) is 4. The highest BCUT2D eigenvalue weighted by Gasteiger charge is 2.14. The van der Waals surface area contributed by atoms with Gasteiger partial charge in [0.15, 0.2) is 0 Å². The Hall–Kier alpha value is -2.70. The summed E-state index contributed by atoms with van der Waals surface area (Å²) in [5, 5.41) is 13.4. The maximum Gasteiger partial charge on any atom is 0.381 e. The lowest BCUT2D eigenvalue weighted by Crippen LogP contribution is -2.29. The number of carbonyl (C=O) groups excluding carboxylic acids is 1. The van der Waals surface area contributed by atoms with Gasteiger partial charge < -0.3 is 20.0 Å². The van der Waals surface area contributed by atoms with Crippen LogP contribution in [0.2, 0.25) is 0 Å². The number of amides is 1. The molecule has 0 saturated heterocycles. The van der Waals surface area contributed by atoms with Crippen molar-refractivity contribution in [1.82, 2.24) is 14.9 Å². The highest BCUT2D eigenvalue weighted by molar-refractivity contribution is 5.76. The van der Waals surface area contributed by atoms with Crippen LogP contribution in [0.5, 0.6) is 0 Å². The Bertz CT molecular complexity index is 709. The normalized spacial score (nSPS) is 12.0. The lowest BCUT2D eigenvalue weighted by molar-refractivity contribution is -0.389. The molecule has 1 atom stereocenters. The van der Waals surface area contributed by atoms with Crippen molar-refractivity contribution in [3.05, 3.63) is 57.5 Å². The number of nitrogens with zero attached hydrogens (tertiary/aromatic N) is 3. The zero-order valence-corrected chi connectivity index (χ0v) is 12.7. The highest BCUT2D eigenvalue weighted by Crippen LogP contribution is 2.16. The zero-order chi connectivity index (χ0) is 16.3. The Morgan fingerprint density at radius 3 is 2.73 bits per heavy atom. The van der Waals surface area contributed by atoms with E-state index in [1.54, 1.807) is 0 Å². The van der Waals surface area contributed by atoms with E-state index in [0.29, 0.717) is 0 Å². The average molecular weight is 302 g/mol. The van der Waals surface area contributed by atoms with Gasteiger partial charge in [-0.1, -0.05) is 18.2 Å². The van der Waals surface area contributed by atoms with Crippen LogP contribution in [-0.4, -0.2) is 20.4 Å². The SMILES string of the molecule is Cc1ccc(C(C)NC(=O)Cn2cnc([N+](=O)[O-])c2)cc1C. The Balaban J connectivity index is 1.98. The van der Waals surface area contributed by atoms with E-state index >= 15 is 0 Å². The first kappa shape index (κ1) is 15.7. The number of aryl methyl sites for hydroxylation is 2. The number of imidazole rings is 1. The van der Waals surface area contributed by atoms with Gasteiger partial charge in [-0.25, -0.2) is 0 Å². The van der Waals surface area contributed by atoms with Gasteiger partial charge in [0, 0.05) is 0 Å². The lowest BCUT2D eigenvalue weighted by atomic mass is 10.0. The largest absolute Gasteiger partial charge is 0.381 e. The van der Waals surface area contributed by atoms with Gasteiger partial charge in [-0.15, -0.1) is 0 Å². The molecule has 0 aliphatic rings. The molecule has 1 heterocycles. The Labute approximate surface area is 128 Å². The van der Waals surface area contributed by atoms with Crippen molar-refractivity contribution in [3.8, 4) is 0 Å². The molecule has 2 rings (SSSR count). The number of aromatic nitrogens is 2. The minimum atomic E-state index is -0.591. The summed E-state index contributed by atoms with van der Waals surface area (Å²) in [4.78, 5) is 25.6. The highest BCUT2D eigenvalue weighted by atomic mass is 16.6. The molecular formula is C15H18N4O3. The first-order valence-corrected chi connectivity index (χ1v) is 6.89. The molecule has 116 valence electrons. The number of nitrogens with one attached hydrogen (secondary N) is 1. The number of benzene rings is 1. The summed E-state index contributed by atoms with van der Waals surface area (Å²) in [6.45, 7) is 5.96. The van der Waals surface area contributed by atoms with E-state index in [9.17, 15) is 14.9 Å². The zero-order valence-electron chi connectivity index (χ0n) is 12.7. The maximum atomic E-state index is 12.0. The molecule has 22 heavy (non-hydrogen) atoms. The molecule has 0 aliphatic heterocycles. The Kier molecular flexibility index (Phi) is 4.55. The van der Waals surface area contributed by atoms with E-state index < -0.39 is 4.92 Å². The smallest absolute Gasteiger partial charge is 0.358 e. The van der Waals surface area contributed by atoms with Crippen LogP contribution in [0.4, 0.5) is 5.82 Å². The quantitative estimate of drug-likeness (QED) is 0.677. The molecule has 0 aliphatic carbocycles. The van der Waals surface area contributed by atoms with Crippen LogP contribution in [0, 0.1) is 24.0 Å². The summed E-state index contributed by atoms with van der Waals surface area (Å²) in [6, 6.07) is 5.91. The molecule has 7 nitrogen and oxygen atoms in total. The van der Waals surface area contributed by atoms with Crippen LogP contribution in [0.15, 0.2) is 30.7 Å². The van der Waals surface area contributed by atoms with E-state index in [-0.39, 0.29) is 24.3 Å². The molecule has 2 aromatic rings. The fourth-order valence-electron chi connectivity index (χ4n) is 2.10. The Morgan fingerprint density at radius 1 is 1.41 bits per heavy atom. The first-order chi connectivity index (χ1) is 10.4. The number of hydrogen-bond donors (Lipinski definition) is 1. The van der Waals surface area contributed by atoms with Gasteiger partial charge in [0.2, 0.25) is 12.2 Å². The van der Waals surface area contributed by atoms with E-state index in [1.165, 1.54) is 28.2 Å². The predicted octanol–water partition coefficient (Wildman–Crippen LogP) is 2.29. The van der Waals surface area contributed by atoms with Crippen LogP contribution in [0.3, 0.4) is 0 Å². The minimum absolute atomic E-state index is 0.00394. The van der Waals surface area contributed by atoms with Crippen LogP contribution in [-0.2, 0) is 11.3 Å². The number of carbonyl (C=O) groups is 1. The van der Waals surface area contributed by atoms with Crippen molar-refractivity contribution < 1.29 is 9.72 Å². The molecule has 0 fully saturated rings. The van der Waals surface area contributed by atoms with E-state index in [1.807, 2.05) is 39.0 Å². The number of nitro groups is 1. The van der Waals surface area contributed by atoms with Gasteiger partial charge in [-0.2, -0.15) is 0 Å². The second-order valence-corrected chi connectivity index (χ2v) is 5.29. The minimum Gasteiger partial charge on any atom is -0.358 e. The van der Waals surface area contributed by atoms with Gasteiger partial charge in [-0.05, 0) is 47.4 Å². The van der Waals surface area contributed by atoms with Gasteiger partial charge in [0.25, 0.3) is 0 Å². The first-order valence-electron chi connectivity index (χ1n) is 6.89. The van der Waals surface area contributed by atoms with Crippen LogP contribution in [0.25, 0.3) is 0 Å². The fraction of sp³-hybridized carbons (Fsp3) is 0.333. The summed E-state index contributed by atoms with van der Waals surface area (Å²) in [6.07, 6.45) is 2.51. The standard InChI is InChI=1S/C15H18N4O3/c1-10-4-5-13(6-11(10)2)12(3)17-15(20)8-18-7-14(16-9-18)19(21)22/h4-7,9,12H,8H2,1-3H3,(H,17,20). The molecule has 0 saturated carbocycles. The second kappa shape index (κ2) is 6.38. The average Bonchev–Trinajstić information content (AvgIpc) is 2.90. The maximum absolute atomic E-state index is 12.0.